The average molecular weight is 198 g/mol. The Morgan fingerprint density at radius 1 is 1.36 bits per heavy atom. The normalized spacial score (nSPS) is 37.1. The summed E-state index contributed by atoms with van der Waals surface area (Å²) in [7, 11) is 0. The Hall–Kier alpha value is -1.10. The van der Waals surface area contributed by atoms with Crippen LogP contribution in [0.25, 0.3) is 0 Å². The molecule has 0 aromatic rings. The number of aliphatic carboxylic acids is 1. The van der Waals surface area contributed by atoms with Gasteiger partial charge in [0.05, 0.1) is 6.04 Å². The maximum absolute atomic E-state index is 11.7. The number of amides is 1. The van der Waals surface area contributed by atoms with Gasteiger partial charge in [0.2, 0.25) is 5.91 Å². The lowest BCUT2D eigenvalue weighted by molar-refractivity contribution is -0.151. The molecule has 0 radical (unpaired) electrons. The lowest BCUT2D eigenvalue weighted by Gasteiger charge is -2.35. The fourth-order valence-corrected chi connectivity index (χ4v) is 2.43. The van der Waals surface area contributed by atoms with Crippen molar-refractivity contribution >= 4 is 11.9 Å². The number of hydrogen-bond donors (Lipinski definition) is 2. The Kier molecular flexibility index (Phi) is 2.19. The quantitative estimate of drug-likeness (QED) is 0.597. The molecular formula is C9H14N2O3. The highest BCUT2D eigenvalue weighted by Crippen LogP contribution is 2.31. The summed E-state index contributed by atoms with van der Waals surface area (Å²) in [4.78, 5) is 24.0. The Bertz CT molecular complexity index is 279. The summed E-state index contributed by atoms with van der Waals surface area (Å²) in [6, 6.07) is -1.02. The number of piperidine rings is 1. The van der Waals surface area contributed by atoms with Crippen molar-refractivity contribution in [2.24, 2.45) is 5.73 Å². The number of fused-ring (bicyclic) bond motifs is 1. The van der Waals surface area contributed by atoms with Crippen molar-refractivity contribution < 1.29 is 14.7 Å². The summed E-state index contributed by atoms with van der Waals surface area (Å²) in [6.07, 6.45) is 2.90. The van der Waals surface area contributed by atoms with Crippen LogP contribution < -0.4 is 5.73 Å². The number of carbonyl (C=O) groups is 2. The van der Waals surface area contributed by atoms with Crippen molar-refractivity contribution in [2.45, 2.75) is 43.8 Å². The first-order chi connectivity index (χ1) is 6.61. The third kappa shape index (κ3) is 1.28. The minimum Gasteiger partial charge on any atom is -0.480 e. The molecule has 14 heavy (non-hydrogen) atoms. The lowest BCUT2D eigenvalue weighted by atomic mass is 9.99. The molecule has 0 bridgehead atoms. The first-order valence-corrected chi connectivity index (χ1v) is 4.92. The molecule has 78 valence electrons. The number of carbonyl (C=O) groups excluding carboxylic acids is 1. The number of carboxylic acids is 1. The van der Waals surface area contributed by atoms with Crippen LogP contribution in [-0.4, -0.2) is 40.0 Å². The highest BCUT2D eigenvalue weighted by atomic mass is 16.4. The molecule has 0 aliphatic carbocycles. The SMILES string of the molecule is N[C@H]1CCC2CC[C@@H](C(=O)O)N2C1=O. The molecule has 2 aliphatic heterocycles. The minimum absolute atomic E-state index is 0.114. The molecule has 5 heteroatoms. The van der Waals surface area contributed by atoms with Crippen LogP contribution in [-0.2, 0) is 9.59 Å². The van der Waals surface area contributed by atoms with Crippen LogP contribution in [0.1, 0.15) is 25.7 Å². The summed E-state index contributed by atoms with van der Waals surface area (Å²) < 4.78 is 0. The molecule has 2 aliphatic rings. The van der Waals surface area contributed by atoms with E-state index in [2.05, 4.69) is 0 Å². The van der Waals surface area contributed by atoms with Crippen molar-refractivity contribution in [1.29, 1.82) is 0 Å². The summed E-state index contributed by atoms with van der Waals surface area (Å²) in [5.74, 6) is -1.10. The molecule has 0 aromatic carbocycles. The Balaban J connectivity index is 2.20. The van der Waals surface area contributed by atoms with Crippen molar-refractivity contribution in [3.63, 3.8) is 0 Å². The first-order valence-electron chi connectivity index (χ1n) is 4.92. The Morgan fingerprint density at radius 2 is 2.00 bits per heavy atom. The highest BCUT2D eigenvalue weighted by Gasteiger charge is 2.44. The zero-order chi connectivity index (χ0) is 10.3. The average Bonchev–Trinajstić information content (AvgIpc) is 2.55. The van der Waals surface area contributed by atoms with Gasteiger partial charge in [0, 0.05) is 6.04 Å². The van der Waals surface area contributed by atoms with E-state index in [0.717, 1.165) is 12.8 Å². The van der Waals surface area contributed by atoms with Crippen molar-refractivity contribution in [3.8, 4) is 0 Å². The fraction of sp³-hybridized carbons (Fsp3) is 0.778. The predicted molar refractivity (Wildman–Crippen MR) is 48.5 cm³/mol. The van der Waals surface area contributed by atoms with E-state index >= 15 is 0 Å². The molecular weight excluding hydrogens is 184 g/mol. The molecule has 2 rings (SSSR count). The minimum atomic E-state index is -0.907. The molecule has 1 unspecified atom stereocenters. The maximum atomic E-state index is 11.7. The van der Waals surface area contributed by atoms with Crippen LogP contribution in [0.4, 0.5) is 0 Å². The first kappa shape index (κ1) is 9.45. The molecule has 0 spiro atoms. The van der Waals surface area contributed by atoms with Crippen LogP contribution in [0, 0.1) is 0 Å². The van der Waals surface area contributed by atoms with E-state index in [1.807, 2.05) is 0 Å². The number of nitrogens with two attached hydrogens (primary N) is 1. The van der Waals surface area contributed by atoms with Crippen LogP contribution >= 0.6 is 0 Å². The number of nitrogens with zero attached hydrogens (tertiary/aromatic N) is 1. The van der Waals surface area contributed by atoms with E-state index in [1.54, 1.807) is 0 Å². The monoisotopic (exact) mass is 198 g/mol. The van der Waals surface area contributed by atoms with E-state index in [-0.39, 0.29) is 11.9 Å². The molecule has 0 aromatic heterocycles. The van der Waals surface area contributed by atoms with Gasteiger partial charge in [-0.3, -0.25) is 4.79 Å². The Morgan fingerprint density at radius 3 is 2.64 bits per heavy atom. The van der Waals surface area contributed by atoms with Crippen LogP contribution in [0.2, 0.25) is 0 Å². The molecule has 2 fully saturated rings. The molecule has 2 heterocycles. The van der Waals surface area contributed by atoms with Crippen molar-refractivity contribution in [1.82, 2.24) is 4.90 Å². The third-order valence-electron chi connectivity index (χ3n) is 3.17. The van der Waals surface area contributed by atoms with Gasteiger partial charge in [-0.15, -0.1) is 0 Å². The summed E-state index contributed by atoms with van der Waals surface area (Å²) in [6.45, 7) is 0. The molecule has 5 nitrogen and oxygen atoms in total. The van der Waals surface area contributed by atoms with Gasteiger partial charge in [-0.2, -0.15) is 0 Å². The van der Waals surface area contributed by atoms with Crippen molar-refractivity contribution in [3.05, 3.63) is 0 Å². The standard InChI is InChI=1S/C9H14N2O3/c10-6-3-1-5-2-4-7(9(13)14)11(5)8(6)12/h5-7H,1-4,10H2,(H,13,14)/t5?,6-,7-/m0/s1. The van der Waals surface area contributed by atoms with E-state index in [0.29, 0.717) is 12.8 Å². The lowest BCUT2D eigenvalue weighted by Crippen LogP contribution is -2.55. The number of carboxylic acid groups (broad SMARTS) is 1. The predicted octanol–water partition coefficient (Wildman–Crippen LogP) is -0.448. The molecule has 1 amide bonds. The zero-order valence-corrected chi connectivity index (χ0v) is 7.85. The van der Waals surface area contributed by atoms with Gasteiger partial charge in [-0.25, -0.2) is 4.79 Å². The number of hydrogen-bond acceptors (Lipinski definition) is 3. The van der Waals surface area contributed by atoms with Gasteiger partial charge in [-0.05, 0) is 25.7 Å². The maximum Gasteiger partial charge on any atom is 0.326 e. The van der Waals surface area contributed by atoms with Gasteiger partial charge in [0.15, 0.2) is 0 Å². The van der Waals surface area contributed by atoms with E-state index < -0.39 is 18.1 Å². The van der Waals surface area contributed by atoms with Gasteiger partial charge in [-0.1, -0.05) is 0 Å². The second kappa shape index (κ2) is 3.24. The Labute approximate surface area is 81.9 Å². The molecule has 2 saturated heterocycles. The topological polar surface area (TPSA) is 83.6 Å². The second-order valence-electron chi connectivity index (χ2n) is 4.01. The van der Waals surface area contributed by atoms with Crippen molar-refractivity contribution in [2.75, 3.05) is 0 Å². The molecule has 3 N–H and O–H groups in total. The van der Waals surface area contributed by atoms with Gasteiger partial charge in [0.25, 0.3) is 0 Å². The van der Waals surface area contributed by atoms with Gasteiger partial charge >= 0.3 is 5.97 Å². The summed E-state index contributed by atoms with van der Waals surface area (Å²) in [5, 5.41) is 8.92. The zero-order valence-electron chi connectivity index (χ0n) is 7.85. The van der Waals surface area contributed by atoms with E-state index in [1.165, 1.54) is 4.90 Å². The van der Waals surface area contributed by atoms with Crippen LogP contribution in [0.15, 0.2) is 0 Å². The van der Waals surface area contributed by atoms with Crippen LogP contribution in [0.3, 0.4) is 0 Å². The number of rotatable bonds is 1. The van der Waals surface area contributed by atoms with E-state index in [4.69, 9.17) is 10.8 Å². The van der Waals surface area contributed by atoms with Gasteiger partial charge in [0.1, 0.15) is 6.04 Å². The van der Waals surface area contributed by atoms with Gasteiger partial charge < -0.3 is 15.7 Å². The second-order valence-corrected chi connectivity index (χ2v) is 4.01. The van der Waals surface area contributed by atoms with Crippen LogP contribution in [0.5, 0.6) is 0 Å². The fourth-order valence-electron chi connectivity index (χ4n) is 2.43. The summed E-state index contributed by atoms with van der Waals surface area (Å²) in [5.41, 5.74) is 5.61. The smallest absolute Gasteiger partial charge is 0.326 e. The molecule has 0 saturated carbocycles. The van der Waals surface area contributed by atoms with E-state index in [9.17, 15) is 9.59 Å². The largest absolute Gasteiger partial charge is 0.480 e. The third-order valence-corrected chi connectivity index (χ3v) is 3.17. The molecule has 3 atom stereocenters. The summed E-state index contributed by atoms with van der Waals surface area (Å²) >= 11 is 0. The highest BCUT2D eigenvalue weighted by molar-refractivity contribution is 5.88.